The number of rotatable bonds is 8. The second-order valence-electron chi connectivity index (χ2n) is 12.2. The van der Waals surface area contributed by atoms with Crippen LogP contribution in [0.25, 0.3) is 0 Å². The van der Waals surface area contributed by atoms with Gasteiger partial charge in [0, 0.05) is 0 Å². The summed E-state index contributed by atoms with van der Waals surface area (Å²) in [5, 5.41) is 0. The van der Waals surface area contributed by atoms with Crippen LogP contribution in [0.15, 0.2) is 46.6 Å². The Balaban J connectivity index is 2.34. The zero-order valence-corrected chi connectivity index (χ0v) is 23.8. The number of allylic oxidation sites excluding steroid dienone is 8. The van der Waals surface area contributed by atoms with Crippen molar-refractivity contribution in [2.45, 2.75) is 102 Å². The van der Waals surface area contributed by atoms with Gasteiger partial charge in [-0.05, 0) is 0 Å². The molecule has 0 aromatic rings. The van der Waals surface area contributed by atoms with E-state index in [0.717, 1.165) is 11.8 Å². The van der Waals surface area contributed by atoms with Crippen LogP contribution in [0.5, 0.6) is 0 Å². The zero-order chi connectivity index (χ0) is 22.4. The fraction of sp³-hybridized carbons (Fsp3) is 0.714. The molecule has 0 fully saturated rings. The second-order valence-corrected chi connectivity index (χ2v) is 18.0. The van der Waals surface area contributed by atoms with Gasteiger partial charge in [0.25, 0.3) is 0 Å². The number of hydrogen-bond acceptors (Lipinski definition) is 0. The van der Waals surface area contributed by atoms with Gasteiger partial charge in [0.05, 0.1) is 0 Å². The van der Waals surface area contributed by atoms with Crippen LogP contribution in [-0.4, -0.2) is 0 Å². The first-order valence-corrected chi connectivity index (χ1v) is 14.1. The fourth-order valence-electron chi connectivity index (χ4n) is 6.10. The summed E-state index contributed by atoms with van der Waals surface area (Å²) in [6, 6.07) is 0. The quantitative estimate of drug-likeness (QED) is 0.329. The van der Waals surface area contributed by atoms with E-state index < -0.39 is 23.2 Å². The van der Waals surface area contributed by atoms with Gasteiger partial charge in [-0.15, -0.1) is 0 Å². The summed E-state index contributed by atoms with van der Waals surface area (Å²) in [5.74, 6) is 1.47. The molecule has 0 bridgehead atoms. The molecule has 2 atom stereocenters. The summed E-state index contributed by atoms with van der Waals surface area (Å²) in [4.78, 5) is 0. The van der Waals surface area contributed by atoms with Crippen LogP contribution in [0.3, 0.4) is 0 Å². The molecule has 2 aliphatic carbocycles. The van der Waals surface area contributed by atoms with E-state index in [-0.39, 0.29) is 10.8 Å². The minimum absolute atomic E-state index is 0.271. The molecule has 0 aromatic heterocycles. The molecule has 0 N–H and O–H groups in total. The van der Waals surface area contributed by atoms with E-state index in [9.17, 15) is 0 Å². The van der Waals surface area contributed by atoms with Gasteiger partial charge in [0.15, 0.2) is 0 Å². The minimum atomic E-state index is -0.806. The second kappa shape index (κ2) is 8.41. The van der Waals surface area contributed by atoms with Crippen molar-refractivity contribution in [2.24, 2.45) is 22.7 Å². The van der Waals surface area contributed by atoms with Crippen molar-refractivity contribution in [3.05, 3.63) is 46.6 Å². The summed E-state index contributed by atoms with van der Waals surface area (Å²) in [6.07, 6.45) is 12.7. The molecule has 0 saturated carbocycles. The first kappa shape index (κ1) is 25.1. The van der Waals surface area contributed by atoms with Gasteiger partial charge in [-0.1, -0.05) is 0 Å². The number of hydrogen-bond donors (Lipinski definition) is 0. The molecule has 0 nitrogen and oxygen atoms in total. The van der Waals surface area contributed by atoms with Crippen molar-refractivity contribution in [3.63, 3.8) is 0 Å². The van der Waals surface area contributed by atoms with E-state index in [1.807, 2.05) is 0 Å². The van der Waals surface area contributed by atoms with Gasteiger partial charge in [-0.2, -0.15) is 0 Å². The van der Waals surface area contributed by atoms with E-state index in [2.05, 4.69) is 107 Å². The average molecular weight is 474 g/mol. The summed E-state index contributed by atoms with van der Waals surface area (Å²) in [6.45, 7) is 29.1. The van der Waals surface area contributed by atoms with Gasteiger partial charge >= 0.3 is 195 Å². The van der Waals surface area contributed by atoms with Crippen LogP contribution in [0.4, 0.5) is 0 Å². The molecule has 1 heteroatoms. The van der Waals surface area contributed by atoms with Gasteiger partial charge < -0.3 is 0 Å². The fourth-order valence-corrected chi connectivity index (χ4v) is 11.2. The van der Waals surface area contributed by atoms with Crippen molar-refractivity contribution in [1.82, 2.24) is 0 Å². The van der Waals surface area contributed by atoms with E-state index in [0.29, 0.717) is 6.25 Å². The molecule has 0 saturated heterocycles. The third-order valence-electron chi connectivity index (χ3n) is 7.35. The van der Waals surface area contributed by atoms with Crippen LogP contribution in [0.1, 0.15) is 95.9 Å². The Labute approximate surface area is 194 Å². The Hall–Kier alpha value is -0.157. The topological polar surface area (TPSA) is 0 Å². The van der Waals surface area contributed by atoms with Crippen LogP contribution >= 0.6 is 0 Å². The Morgan fingerprint density at radius 3 is 1.31 bits per heavy atom. The predicted octanol–water partition coefficient (Wildman–Crippen LogP) is 9.34. The molecule has 0 amide bonds. The Kier molecular flexibility index (Phi) is 7.28. The first-order valence-electron chi connectivity index (χ1n) is 11.7. The normalized spacial score (nSPS) is 27.9. The molecular weight excluding hydrogens is 428 g/mol. The molecule has 2 rings (SSSR count). The monoisotopic (exact) mass is 472 g/mol. The Bertz CT molecular complexity index is 689. The molecule has 162 valence electrons. The van der Waals surface area contributed by atoms with E-state index in [4.69, 9.17) is 0 Å². The Morgan fingerprint density at radius 1 is 0.724 bits per heavy atom. The standard InChI is InChI=1S/2C14H23.Zr/c2*1-10(2)9-14(5,6)13-8-7-11(3)12(13)4;/h2*7-8,10H,9H2,1-6H3;. The average Bonchev–Trinajstić information content (AvgIpc) is 2.95. The SMILES string of the molecule is CC1=C(C(C)(C)CC(C)C)C=C[C]1(C)[Zr][C]1(C)C=CC(C(C)(C)CC(C)C)=C1C. The van der Waals surface area contributed by atoms with Crippen molar-refractivity contribution < 1.29 is 23.2 Å². The summed E-state index contributed by atoms with van der Waals surface area (Å²) >= 11 is -0.806. The third kappa shape index (κ3) is 5.19. The summed E-state index contributed by atoms with van der Waals surface area (Å²) in [5.41, 5.74) is 7.09. The molecule has 2 unspecified atom stereocenters. The zero-order valence-electron chi connectivity index (χ0n) is 21.4. The van der Waals surface area contributed by atoms with Crippen LogP contribution in [0.2, 0.25) is 6.25 Å². The van der Waals surface area contributed by atoms with Crippen molar-refractivity contribution in [2.75, 3.05) is 0 Å². The van der Waals surface area contributed by atoms with Crippen molar-refractivity contribution in [3.8, 4) is 0 Å². The predicted molar refractivity (Wildman–Crippen MR) is 127 cm³/mol. The van der Waals surface area contributed by atoms with Gasteiger partial charge in [-0.3, -0.25) is 0 Å². The maximum atomic E-state index is 2.58. The van der Waals surface area contributed by atoms with Crippen molar-refractivity contribution in [1.29, 1.82) is 0 Å². The molecule has 29 heavy (non-hydrogen) atoms. The molecule has 0 aromatic carbocycles. The molecule has 0 radical (unpaired) electrons. The molecular formula is C28H46Zr. The maximum absolute atomic E-state index is 2.58. The van der Waals surface area contributed by atoms with Crippen molar-refractivity contribution >= 4 is 0 Å². The molecule has 0 aliphatic heterocycles. The summed E-state index contributed by atoms with van der Waals surface area (Å²) in [7, 11) is 0. The molecule has 0 heterocycles. The van der Waals surface area contributed by atoms with Crippen LogP contribution in [-0.2, 0) is 23.2 Å². The van der Waals surface area contributed by atoms with Gasteiger partial charge in [-0.25, -0.2) is 0 Å². The molecule has 2 aliphatic rings. The van der Waals surface area contributed by atoms with Crippen LogP contribution in [0, 0.1) is 22.7 Å². The first-order chi connectivity index (χ1) is 13.0. The van der Waals surface area contributed by atoms with E-state index in [1.54, 1.807) is 22.3 Å². The van der Waals surface area contributed by atoms with Gasteiger partial charge in [0.2, 0.25) is 0 Å². The van der Waals surface area contributed by atoms with Crippen LogP contribution < -0.4 is 0 Å². The molecule has 0 spiro atoms. The van der Waals surface area contributed by atoms with Gasteiger partial charge in [0.1, 0.15) is 0 Å². The summed E-state index contributed by atoms with van der Waals surface area (Å²) < 4.78 is 0.621. The van der Waals surface area contributed by atoms with E-state index in [1.165, 1.54) is 12.8 Å². The third-order valence-corrected chi connectivity index (χ3v) is 12.6. The van der Waals surface area contributed by atoms with E-state index >= 15 is 0 Å². The Morgan fingerprint density at radius 2 is 1.03 bits per heavy atom.